The summed E-state index contributed by atoms with van der Waals surface area (Å²) in [7, 11) is -2.88. The Morgan fingerprint density at radius 3 is 2.12 bits per heavy atom. The molecule has 0 amide bonds. The van der Waals surface area contributed by atoms with Gasteiger partial charge in [0.25, 0.3) is 0 Å². The molecule has 0 saturated carbocycles. The SMILES string of the molecule is [O]CC1CCS1(=O)=O. The molecule has 1 unspecified atom stereocenters. The highest BCUT2D eigenvalue weighted by molar-refractivity contribution is 7.93. The van der Waals surface area contributed by atoms with E-state index < -0.39 is 21.7 Å². The van der Waals surface area contributed by atoms with Crippen LogP contribution in [-0.4, -0.2) is 26.0 Å². The molecule has 0 aromatic rings. The minimum Gasteiger partial charge on any atom is -0.235 e. The van der Waals surface area contributed by atoms with Crippen LogP contribution < -0.4 is 0 Å². The molecule has 4 heteroatoms. The Hall–Kier alpha value is -0.0900. The van der Waals surface area contributed by atoms with Crippen LogP contribution in [-0.2, 0) is 14.9 Å². The van der Waals surface area contributed by atoms with Gasteiger partial charge in [0.2, 0.25) is 0 Å². The van der Waals surface area contributed by atoms with Crippen LogP contribution in [0.15, 0.2) is 0 Å². The molecule has 1 fully saturated rings. The van der Waals surface area contributed by atoms with E-state index in [0.29, 0.717) is 6.42 Å². The van der Waals surface area contributed by atoms with Gasteiger partial charge in [0, 0.05) is 0 Å². The molecular formula is C4H7O3S. The first-order valence-electron chi connectivity index (χ1n) is 2.46. The summed E-state index contributed by atoms with van der Waals surface area (Å²) in [6.07, 6.45) is 0.575. The monoisotopic (exact) mass is 135 g/mol. The highest BCUT2D eigenvalue weighted by Crippen LogP contribution is 2.19. The van der Waals surface area contributed by atoms with Gasteiger partial charge in [0.15, 0.2) is 9.84 Å². The molecule has 1 radical (unpaired) electrons. The Labute approximate surface area is 48.2 Å². The average Bonchev–Trinajstić information content (AvgIpc) is 1.66. The van der Waals surface area contributed by atoms with Gasteiger partial charge in [0.05, 0.1) is 17.6 Å². The molecule has 0 bridgehead atoms. The van der Waals surface area contributed by atoms with Crippen molar-refractivity contribution in [2.75, 3.05) is 12.4 Å². The maximum Gasteiger partial charge on any atom is 0.155 e. The third-order valence-electron chi connectivity index (χ3n) is 1.42. The lowest BCUT2D eigenvalue weighted by Gasteiger charge is -2.22. The number of hydrogen-bond acceptors (Lipinski definition) is 2. The van der Waals surface area contributed by atoms with Crippen molar-refractivity contribution in [1.29, 1.82) is 0 Å². The molecule has 0 aromatic carbocycles. The predicted molar refractivity (Wildman–Crippen MR) is 27.7 cm³/mol. The van der Waals surface area contributed by atoms with E-state index in [1.165, 1.54) is 0 Å². The van der Waals surface area contributed by atoms with Gasteiger partial charge in [-0.25, -0.2) is 13.5 Å². The third kappa shape index (κ3) is 0.736. The van der Waals surface area contributed by atoms with E-state index in [1.807, 2.05) is 0 Å². The largest absolute Gasteiger partial charge is 0.235 e. The summed E-state index contributed by atoms with van der Waals surface area (Å²) < 4.78 is 20.9. The van der Waals surface area contributed by atoms with Gasteiger partial charge in [-0.05, 0) is 6.42 Å². The van der Waals surface area contributed by atoms with Crippen molar-refractivity contribution in [3.8, 4) is 0 Å². The van der Waals surface area contributed by atoms with E-state index in [0.717, 1.165) is 0 Å². The zero-order valence-electron chi connectivity index (χ0n) is 4.33. The average molecular weight is 135 g/mol. The fraction of sp³-hybridized carbons (Fsp3) is 1.00. The standard InChI is InChI=1S/C4H7O3S/c5-3-4-1-2-8(4,6)7/h4H,1-3H2. The zero-order chi connectivity index (χ0) is 6.20. The van der Waals surface area contributed by atoms with E-state index >= 15 is 0 Å². The first-order chi connectivity index (χ1) is 3.67. The quantitative estimate of drug-likeness (QED) is 0.491. The lowest BCUT2D eigenvalue weighted by Crippen LogP contribution is -2.38. The summed E-state index contributed by atoms with van der Waals surface area (Å²) in [5.41, 5.74) is 0. The maximum atomic E-state index is 10.4. The second-order valence-corrected chi connectivity index (χ2v) is 4.34. The molecule has 0 spiro atoms. The van der Waals surface area contributed by atoms with Gasteiger partial charge in [-0.2, -0.15) is 0 Å². The lowest BCUT2D eigenvalue weighted by atomic mass is 10.3. The molecule has 47 valence electrons. The van der Waals surface area contributed by atoms with Gasteiger partial charge in [0.1, 0.15) is 0 Å². The second kappa shape index (κ2) is 1.70. The molecule has 8 heavy (non-hydrogen) atoms. The highest BCUT2D eigenvalue weighted by Gasteiger charge is 2.34. The van der Waals surface area contributed by atoms with Crippen LogP contribution in [0.25, 0.3) is 0 Å². The third-order valence-corrected chi connectivity index (χ3v) is 3.61. The van der Waals surface area contributed by atoms with Crippen LogP contribution >= 0.6 is 0 Å². The normalized spacial score (nSPS) is 33.9. The Morgan fingerprint density at radius 1 is 1.50 bits per heavy atom. The van der Waals surface area contributed by atoms with Crippen molar-refractivity contribution in [2.45, 2.75) is 11.7 Å². The molecule has 1 atom stereocenters. The summed E-state index contributed by atoms with van der Waals surface area (Å²) in [5, 5.41) is 9.40. The topological polar surface area (TPSA) is 54.0 Å². The Bertz CT molecular complexity index is 168. The molecule has 0 aromatic heterocycles. The fourth-order valence-corrected chi connectivity index (χ4v) is 1.83. The van der Waals surface area contributed by atoms with Gasteiger partial charge in [-0.3, -0.25) is 0 Å². The zero-order valence-corrected chi connectivity index (χ0v) is 5.15. The van der Waals surface area contributed by atoms with E-state index in [-0.39, 0.29) is 5.75 Å². The molecule has 3 nitrogen and oxygen atoms in total. The highest BCUT2D eigenvalue weighted by atomic mass is 32.2. The van der Waals surface area contributed by atoms with E-state index in [2.05, 4.69) is 0 Å². The van der Waals surface area contributed by atoms with E-state index in [4.69, 9.17) is 0 Å². The molecule has 1 rings (SSSR count). The van der Waals surface area contributed by atoms with Gasteiger partial charge in [-0.1, -0.05) is 0 Å². The van der Waals surface area contributed by atoms with Crippen LogP contribution in [0.3, 0.4) is 0 Å². The molecule has 0 aliphatic carbocycles. The molecule has 1 aliphatic heterocycles. The molecule has 1 heterocycles. The molecular weight excluding hydrogens is 128 g/mol. The number of sulfone groups is 1. The second-order valence-electron chi connectivity index (χ2n) is 1.94. The first kappa shape index (κ1) is 6.04. The molecule has 1 saturated heterocycles. The minimum absolute atomic E-state index is 0.222. The summed E-state index contributed by atoms with van der Waals surface area (Å²) in [6.45, 7) is -0.456. The number of rotatable bonds is 1. The minimum atomic E-state index is -2.88. The summed E-state index contributed by atoms with van der Waals surface area (Å²) in [5.74, 6) is 0.222. The van der Waals surface area contributed by atoms with Gasteiger partial charge < -0.3 is 0 Å². The Balaban J connectivity index is 2.64. The Morgan fingerprint density at radius 2 is 2.12 bits per heavy atom. The van der Waals surface area contributed by atoms with Gasteiger partial charge >= 0.3 is 0 Å². The Kier molecular flexibility index (Phi) is 1.28. The summed E-state index contributed by atoms with van der Waals surface area (Å²) >= 11 is 0. The smallest absolute Gasteiger partial charge is 0.155 e. The van der Waals surface area contributed by atoms with Crippen LogP contribution in [0.5, 0.6) is 0 Å². The summed E-state index contributed by atoms with van der Waals surface area (Å²) in [6, 6.07) is 0. The predicted octanol–water partition coefficient (Wildman–Crippen LogP) is -0.396. The van der Waals surface area contributed by atoms with Crippen LogP contribution in [0.4, 0.5) is 0 Å². The van der Waals surface area contributed by atoms with Crippen molar-refractivity contribution in [2.24, 2.45) is 0 Å². The van der Waals surface area contributed by atoms with E-state index in [1.54, 1.807) is 0 Å². The van der Waals surface area contributed by atoms with Gasteiger partial charge in [-0.15, -0.1) is 0 Å². The van der Waals surface area contributed by atoms with Crippen LogP contribution in [0, 0.1) is 0 Å². The first-order valence-corrected chi connectivity index (χ1v) is 4.18. The maximum absolute atomic E-state index is 10.4. The van der Waals surface area contributed by atoms with Crippen molar-refractivity contribution in [1.82, 2.24) is 0 Å². The van der Waals surface area contributed by atoms with Crippen molar-refractivity contribution in [3.05, 3.63) is 0 Å². The van der Waals surface area contributed by atoms with Crippen molar-refractivity contribution >= 4 is 9.84 Å². The van der Waals surface area contributed by atoms with Crippen LogP contribution in [0.2, 0.25) is 0 Å². The van der Waals surface area contributed by atoms with Crippen molar-refractivity contribution in [3.63, 3.8) is 0 Å². The van der Waals surface area contributed by atoms with E-state index in [9.17, 15) is 13.5 Å². The molecule has 0 N–H and O–H groups in total. The van der Waals surface area contributed by atoms with Crippen LogP contribution in [0.1, 0.15) is 6.42 Å². The van der Waals surface area contributed by atoms with Crippen molar-refractivity contribution < 1.29 is 13.5 Å². The summed E-state index contributed by atoms with van der Waals surface area (Å²) in [4.78, 5) is 0. The fourth-order valence-electron chi connectivity index (χ4n) is 0.664. The molecule has 1 aliphatic rings. The number of hydrogen-bond donors (Lipinski definition) is 0. The lowest BCUT2D eigenvalue weighted by molar-refractivity contribution is 0.185.